The lowest BCUT2D eigenvalue weighted by Crippen LogP contribution is -2.19. The van der Waals surface area contributed by atoms with Crippen LogP contribution in [0.5, 0.6) is 0 Å². The van der Waals surface area contributed by atoms with Crippen molar-refractivity contribution in [3.05, 3.63) is 25.3 Å². The van der Waals surface area contributed by atoms with E-state index in [1.54, 1.807) is 0 Å². The van der Waals surface area contributed by atoms with E-state index >= 15 is 0 Å². The van der Waals surface area contributed by atoms with Gasteiger partial charge in [-0.2, -0.15) is 0 Å². The molecule has 1 heteroatoms. The molecule has 0 saturated heterocycles. The minimum Gasteiger partial charge on any atom is -0.367 e. The van der Waals surface area contributed by atoms with Crippen molar-refractivity contribution in [3.8, 4) is 0 Å². The molecule has 2 atom stereocenters. The highest BCUT2D eigenvalue weighted by molar-refractivity contribution is 4.86. The summed E-state index contributed by atoms with van der Waals surface area (Å²) in [6.45, 7) is 12.7. The third-order valence-electron chi connectivity index (χ3n) is 8.06. The zero-order chi connectivity index (χ0) is 27.1. The molecule has 0 aliphatic carbocycles. The molecule has 37 heavy (non-hydrogen) atoms. The lowest BCUT2D eigenvalue weighted by Gasteiger charge is -2.20. The van der Waals surface area contributed by atoms with Gasteiger partial charge in [0, 0.05) is 0 Å². The Labute approximate surface area is 235 Å². The SMILES string of the molecule is C=CC(CCCCCCCCCCCCCCC)OC(C=C)CCCCCCCCCCCCCCC. The van der Waals surface area contributed by atoms with E-state index in [4.69, 9.17) is 4.74 Å². The molecule has 0 N–H and O–H groups in total. The maximum absolute atomic E-state index is 6.33. The first-order valence-corrected chi connectivity index (χ1v) is 17.2. The molecule has 0 aliphatic heterocycles. The van der Waals surface area contributed by atoms with Crippen LogP contribution in [-0.2, 0) is 4.74 Å². The third-order valence-corrected chi connectivity index (χ3v) is 8.06. The van der Waals surface area contributed by atoms with E-state index in [9.17, 15) is 0 Å². The van der Waals surface area contributed by atoms with E-state index in [0.29, 0.717) is 0 Å². The lowest BCUT2D eigenvalue weighted by molar-refractivity contribution is 0.0299. The Balaban J connectivity index is 3.54. The molecule has 0 aliphatic rings. The van der Waals surface area contributed by atoms with Gasteiger partial charge in [-0.25, -0.2) is 0 Å². The summed E-state index contributed by atoms with van der Waals surface area (Å²) >= 11 is 0. The fourth-order valence-electron chi connectivity index (χ4n) is 5.43. The Morgan fingerprint density at radius 1 is 0.378 bits per heavy atom. The van der Waals surface area contributed by atoms with Crippen LogP contribution in [-0.4, -0.2) is 12.2 Å². The van der Waals surface area contributed by atoms with Crippen LogP contribution in [0.4, 0.5) is 0 Å². The van der Waals surface area contributed by atoms with Crippen LogP contribution in [0.2, 0.25) is 0 Å². The highest BCUT2D eigenvalue weighted by Gasteiger charge is 2.11. The van der Waals surface area contributed by atoms with Gasteiger partial charge in [-0.15, -0.1) is 13.2 Å². The molecule has 0 aromatic carbocycles. The Morgan fingerprint density at radius 2 is 0.595 bits per heavy atom. The van der Waals surface area contributed by atoms with Crippen molar-refractivity contribution in [2.75, 3.05) is 0 Å². The van der Waals surface area contributed by atoms with Crippen molar-refractivity contribution < 1.29 is 4.74 Å². The van der Waals surface area contributed by atoms with E-state index in [2.05, 4.69) is 27.0 Å². The highest BCUT2D eigenvalue weighted by atomic mass is 16.5. The van der Waals surface area contributed by atoms with Crippen molar-refractivity contribution in [2.45, 2.75) is 206 Å². The van der Waals surface area contributed by atoms with Gasteiger partial charge in [-0.1, -0.05) is 193 Å². The third kappa shape index (κ3) is 28.3. The molecule has 0 rings (SSSR count). The number of ether oxygens (including phenoxy) is 1. The van der Waals surface area contributed by atoms with Crippen LogP contribution in [0, 0.1) is 0 Å². The van der Waals surface area contributed by atoms with E-state index in [1.165, 1.54) is 167 Å². The van der Waals surface area contributed by atoms with Crippen molar-refractivity contribution in [1.82, 2.24) is 0 Å². The number of unbranched alkanes of at least 4 members (excludes halogenated alkanes) is 24. The van der Waals surface area contributed by atoms with Crippen molar-refractivity contribution in [3.63, 3.8) is 0 Å². The standard InChI is InChI=1S/C36H70O/c1-5-9-11-13-15-17-19-21-23-25-27-29-31-33-35(7-3)37-36(8-4)34-32-30-28-26-24-22-20-18-16-14-12-10-6-2/h7-8,35-36H,3-6,9-34H2,1-2H3. The highest BCUT2D eigenvalue weighted by Crippen LogP contribution is 2.18. The number of hydrogen-bond donors (Lipinski definition) is 0. The molecular formula is C36H70O. The number of hydrogen-bond acceptors (Lipinski definition) is 1. The monoisotopic (exact) mass is 519 g/mol. The smallest absolute Gasteiger partial charge is 0.0761 e. The van der Waals surface area contributed by atoms with Crippen LogP contribution >= 0.6 is 0 Å². The molecule has 0 saturated carbocycles. The van der Waals surface area contributed by atoms with Crippen LogP contribution in [0.1, 0.15) is 194 Å². The van der Waals surface area contributed by atoms with Gasteiger partial charge in [-0.05, 0) is 12.8 Å². The zero-order valence-electron chi connectivity index (χ0n) is 25.9. The predicted molar refractivity (Wildman–Crippen MR) is 170 cm³/mol. The van der Waals surface area contributed by atoms with Crippen LogP contribution in [0.3, 0.4) is 0 Å². The molecule has 1 nitrogen and oxygen atoms in total. The topological polar surface area (TPSA) is 9.23 Å². The van der Waals surface area contributed by atoms with Gasteiger partial charge in [0.15, 0.2) is 0 Å². The molecule has 0 aromatic rings. The van der Waals surface area contributed by atoms with Crippen LogP contribution in [0.25, 0.3) is 0 Å². The van der Waals surface area contributed by atoms with E-state index < -0.39 is 0 Å². The van der Waals surface area contributed by atoms with E-state index in [-0.39, 0.29) is 12.2 Å². The second kappa shape index (κ2) is 31.7. The van der Waals surface area contributed by atoms with Gasteiger partial charge >= 0.3 is 0 Å². The average Bonchev–Trinajstić information content (AvgIpc) is 2.92. The quantitative estimate of drug-likeness (QED) is 0.0635. The van der Waals surface area contributed by atoms with Crippen LogP contribution < -0.4 is 0 Å². The van der Waals surface area contributed by atoms with Gasteiger partial charge in [-0.3, -0.25) is 0 Å². The molecule has 2 unspecified atom stereocenters. The van der Waals surface area contributed by atoms with Gasteiger partial charge in [0.1, 0.15) is 0 Å². The maximum atomic E-state index is 6.33. The summed E-state index contributed by atoms with van der Waals surface area (Å²) < 4.78 is 6.33. The van der Waals surface area contributed by atoms with Gasteiger partial charge in [0.05, 0.1) is 12.2 Å². The maximum Gasteiger partial charge on any atom is 0.0761 e. The fourth-order valence-corrected chi connectivity index (χ4v) is 5.43. The first-order chi connectivity index (χ1) is 18.3. The van der Waals surface area contributed by atoms with Crippen LogP contribution in [0.15, 0.2) is 25.3 Å². The average molecular weight is 519 g/mol. The summed E-state index contributed by atoms with van der Waals surface area (Å²) in [5, 5.41) is 0. The normalized spacial score (nSPS) is 13.0. The Hall–Kier alpha value is -0.560. The predicted octanol–water partition coefficient (Wildman–Crippen LogP) is 13.1. The molecule has 0 fully saturated rings. The molecule has 0 amide bonds. The molecule has 220 valence electrons. The first-order valence-electron chi connectivity index (χ1n) is 17.2. The summed E-state index contributed by atoms with van der Waals surface area (Å²) in [7, 11) is 0. The van der Waals surface area contributed by atoms with Gasteiger partial charge in [0.25, 0.3) is 0 Å². The van der Waals surface area contributed by atoms with Gasteiger partial charge < -0.3 is 4.74 Å². The molecule has 0 heterocycles. The second-order valence-corrected chi connectivity index (χ2v) is 11.7. The summed E-state index contributed by atoms with van der Waals surface area (Å²) in [5.74, 6) is 0. The first kappa shape index (κ1) is 36.4. The second-order valence-electron chi connectivity index (χ2n) is 11.7. The minimum absolute atomic E-state index is 0.192. The Kier molecular flexibility index (Phi) is 31.2. The Bertz CT molecular complexity index is 402. The molecule has 0 spiro atoms. The van der Waals surface area contributed by atoms with Crippen molar-refractivity contribution in [1.29, 1.82) is 0 Å². The van der Waals surface area contributed by atoms with E-state index in [1.807, 2.05) is 12.2 Å². The number of rotatable bonds is 32. The fraction of sp³-hybridized carbons (Fsp3) is 0.889. The Morgan fingerprint density at radius 3 is 0.811 bits per heavy atom. The van der Waals surface area contributed by atoms with E-state index in [0.717, 1.165) is 12.8 Å². The van der Waals surface area contributed by atoms with Gasteiger partial charge in [0.2, 0.25) is 0 Å². The summed E-state index contributed by atoms with van der Waals surface area (Å²) in [6, 6.07) is 0. The summed E-state index contributed by atoms with van der Waals surface area (Å²) in [5.41, 5.74) is 0. The summed E-state index contributed by atoms with van der Waals surface area (Å²) in [4.78, 5) is 0. The zero-order valence-corrected chi connectivity index (χ0v) is 25.9. The van der Waals surface area contributed by atoms with Crippen molar-refractivity contribution >= 4 is 0 Å². The largest absolute Gasteiger partial charge is 0.367 e. The minimum atomic E-state index is 0.192. The summed E-state index contributed by atoms with van der Waals surface area (Å²) in [6.07, 6.45) is 43.2. The van der Waals surface area contributed by atoms with Crippen molar-refractivity contribution in [2.24, 2.45) is 0 Å². The molecular weight excluding hydrogens is 448 g/mol. The lowest BCUT2D eigenvalue weighted by atomic mass is 10.0. The molecule has 0 radical (unpaired) electrons. The molecule has 0 bridgehead atoms. The molecule has 0 aromatic heterocycles.